The Labute approximate surface area is 353 Å². The molecule has 0 N–H and O–H groups in total. The molecule has 0 radical (unpaired) electrons. The van der Waals surface area contributed by atoms with Crippen molar-refractivity contribution in [2.75, 3.05) is 0 Å². The number of fused-ring (bicyclic) bond motifs is 9. The van der Waals surface area contributed by atoms with Crippen molar-refractivity contribution in [2.45, 2.75) is 60.3 Å². The van der Waals surface area contributed by atoms with Crippen LogP contribution in [0.1, 0.15) is 63.9 Å². The van der Waals surface area contributed by atoms with E-state index in [2.05, 4.69) is 209 Å². The lowest BCUT2D eigenvalue weighted by molar-refractivity contribution is 0.291. The average Bonchev–Trinajstić information content (AvgIpc) is 3.77. The largest absolute Gasteiger partial charge is 0.311 e. The van der Waals surface area contributed by atoms with Crippen LogP contribution in [0.3, 0.4) is 0 Å². The summed E-state index contributed by atoms with van der Waals surface area (Å²) in [6.07, 6.45) is 6.02. The topological polar surface area (TPSA) is 9.86 Å². The zero-order valence-corrected chi connectivity index (χ0v) is 35.7. The van der Waals surface area contributed by atoms with Gasteiger partial charge in [0.05, 0.1) is 11.2 Å². The van der Waals surface area contributed by atoms with E-state index in [0.29, 0.717) is 5.92 Å². The highest BCUT2D eigenvalue weighted by atomic mass is 15.0. The summed E-state index contributed by atoms with van der Waals surface area (Å²) in [5.74, 6) is 0.453. The molecule has 4 heterocycles. The maximum Gasteiger partial charge on any atom is 0.253 e. The molecular formula is C57H49BN2. The first-order valence-electron chi connectivity index (χ1n) is 21.8. The monoisotopic (exact) mass is 772 g/mol. The van der Waals surface area contributed by atoms with Gasteiger partial charge >= 0.3 is 0 Å². The second-order valence-electron chi connectivity index (χ2n) is 19.8. The Bertz CT molecular complexity index is 3310. The first-order valence-corrected chi connectivity index (χ1v) is 21.8. The van der Waals surface area contributed by atoms with Crippen LogP contribution in [-0.4, -0.2) is 15.8 Å². The van der Waals surface area contributed by atoms with Crippen LogP contribution in [0.2, 0.25) is 0 Å². The number of hydrogen-bond donors (Lipinski definition) is 0. The molecule has 0 spiro atoms. The van der Waals surface area contributed by atoms with Crippen molar-refractivity contribution in [3.8, 4) is 44.9 Å². The van der Waals surface area contributed by atoms with Crippen LogP contribution in [0.25, 0.3) is 83.5 Å². The van der Waals surface area contributed by atoms with Gasteiger partial charge < -0.3 is 9.13 Å². The van der Waals surface area contributed by atoms with E-state index >= 15 is 0 Å². The summed E-state index contributed by atoms with van der Waals surface area (Å²) in [5.41, 5.74) is 22.7. The van der Waals surface area contributed by atoms with E-state index < -0.39 is 0 Å². The Morgan fingerprint density at radius 3 is 1.97 bits per heavy atom. The van der Waals surface area contributed by atoms with Crippen molar-refractivity contribution < 1.29 is 0 Å². The SMILES string of the molecule is Cc1ccccc1-c1cc2c3c(c1)-n1c(-c4ccccc4)c(-c4ccccc4)c4cc5ccccc5c(c41)B3c1cc(C(C)(C)C)cc3c4c(n-2c13)C=CC(C(C)(C)C)C4. The minimum absolute atomic E-state index is 0.0280. The van der Waals surface area contributed by atoms with Gasteiger partial charge in [-0.2, -0.15) is 0 Å². The molecule has 9 aromatic rings. The lowest BCUT2D eigenvalue weighted by Crippen LogP contribution is -2.60. The van der Waals surface area contributed by atoms with Gasteiger partial charge in [-0.25, -0.2) is 0 Å². The fourth-order valence-electron chi connectivity index (χ4n) is 11.2. The second-order valence-corrected chi connectivity index (χ2v) is 19.8. The summed E-state index contributed by atoms with van der Waals surface area (Å²) < 4.78 is 5.37. The van der Waals surface area contributed by atoms with Gasteiger partial charge in [0.2, 0.25) is 0 Å². The van der Waals surface area contributed by atoms with E-state index in [-0.39, 0.29) is 17.5 Å². The van der Waals surface area contributed by atoms with Gasteiger partial charge in [0, 0.05) is 38.9 Å². The van der Waals surface area contributed by atoms with Crippen molar-refractivity contribution in [3.63, 3.8) is 0 Å². The van der Waals surface area contributed by atoms with Gasteiger partial charge in [-0.05, 0) is 127 Å². The van der Waals surface area contributed by atoms with E-state index in [1.165, 1.54) is 116 Å². The molecule has 0 saturated carbocycles. The Morgan fingerprint density at radius 1 is 0.583 bits per heavy atom. The van der Waals surface area contributed by atoms with Crippen molar-refractivity contribution in [2.24, 2.45) is 11.3 Å². The fraction of sp³-hybridized carbons (Fsp3) is 0.193. The van der Waals surface area contributed by atoms with E-state index in [4.69, 9.17) is 0 Å². The molecule has 2 nitrogen and oxygen atoms in total. The molecule has 0 fully saturated rings. The fourth-order valence-corrected chi connectivity index (χ4v) is 11.2. The molecule has 0 bridgehead atoms. The molecule has 60 heavy (non-hydrogen) atoms. The normalized spacial score (nSPS) is 15.2. The molecular weight excluding hydrogens is 723 g/mol. The third kappa shape index (κ3) is 4.90. The lowest BCUT2D eigenvalue weighted by Gasteiger charge is -2.36. The molecule has 2 aliphatic heterocycles. The summed E-state index contributed by atoms with van der Waals surface area (Å²) >= 11 is 0. The van der Waals surface area contributed by atoms with Gasteiger partial charge in [-0.1, -0.05) is 163 Å². The smallest absolute Gasteiger partial charge is 0.253 e. The quantitative estimate of drug-likeness (QED) is 0.158. The molecule has 0 amide bonds. The highest BCUT2D eigenvalue weighted by molar-refractivity contribution is 7.01. The molecule has 3 heteroatoms. The van der Waals surface area contributed by atoms with Gasteiger partial charge in [-0.15, -0.1) is 0 Å². The minimum Gasteiger partial charge on any atom is -0.311 e. The van der Waals surface area contributed by atoms with E-state index in [1.54, 1.807) is 0 Å². The van der Waals surface area contributed by atoms with Crippen LogP contribution in [0.4, 0.5) is 0 Å². The van der Waals surface area contributed by atoms with E-state index in [1.807, 2.05) is 0 Å². The summed E-state index contributed by atoms with van der Waals surface area (Å²) in [6, 6.07) is 53.1. The first-order chi connectivity index (χ1) is 29.0. The van der Waals surface area contributed by atoms with Gasteiger partial charge in [0.25, 0.3) is 6.71 Å². The Hall–Kier alpha value is -6.32. The molecule has 1 unspecified atom stereocenters. The van der Waals surface area contributed by atoms with Gasteiger partial charge in [0.1, 0.15) is 0 Å². The lowest BCUT2D eigenvalue weighted by atomic mass is 9.33. The van der Waals surface area contributed by atoms with Gasteiger partial charge in [-0.3, -0.25) is 0 Å². The van der Waals surface area contributed by atoms with Crippen molar-refractivity contribution in [1.29, 1.82) is 0 Å². The number of nitrogens with zero attached hydrogens (tertiary/aromatic N) is 2. The van der Waals surface area contributed by atoms with Crippen molar-refractivity contribution in [1.82, 2.24) is 9.13 Å². The van der Waals surface area contributed by atoms with E-state index in [0.717, 1.165) is 6.42 Å². The number of aromatic nitrogens is 2. The maximum absolute atomic E-state index is 2.69. The maximum atomic E-state index is 2.69. The number of benzene rings is 7. The minimum atomic E-state index is -0.0324. The zero-order valence-electron chi connectivity index (χ0n) is 35.7. The van der Waals surface area contributed by atoms with Crippen molar-refractivity contribution >= 4 is 61.8 Å². The number of aryl methyl sites for hydroxylation is 1. The molecule has 0 saturated heterocycles. The van der Waals surface area contributed by atoms with Crippen LogP contribution >= 0.6 is 0 Å². The Balaban J connectivity index is 1.34. The third-order valence-electron chi connectivity index (χ3n) is 14.2. The Morgan fingerprint density at radius 2 is 1.25 bits per heavy atom. The molecule has 12 rings (SSSR count). The summed E-state index contributed by atoms with van der Waals surface area (Å²) in [7, 11) is 0. The summed E-state index contributed by atoms with van der Waals surface area (Å²) in [6.45, 7) is 16.7. The number of rotatable bonds is 3. The Kier molecular flexibility index (Phi) is 7.34. The molecule has 1 aliphatic carbocycles. The van der Waals surface area contributed by atoms with E-state index in [9.17, 15) is 0 Å². The third-order valence-corrected chi connectivity index (χ3v) is 14.2. The first kappa shape index (κ1) is 35.6. The predicted octanol–water partition coefficient (Wildman–Crippen LogP) is 12.7. The number of allylic oxidation sites excluding steroid dienone is 1. The van der Waals surface area contributed by atoms with Crippen LogP contribution in [-0.2, 0) is 11.8 Å². The van der Waals surface area contributed by atoms with Crippen LogP contribution in [0.15, 0.2) is 146 Å². The average molecular weight is 773 g/mol. The molecule has 290 valence electrons. The second kappa shape index (κ2) is 12.4. The molecule has 2 aromatic heterocycles. The van der Waals surface area contributed by atoms with Gasteiger partial charge in [0.15, 0.2) is 0 Å². The summed E-state index contributed by atoms with van der Waals surface area (Å²) in [5, 5.41) is 5.35. The summed E-state index contributed by atoms with van der Waals surface area (Å²) in [4.78, 5) is 0. The number of hydrogen-bond acceptors (Lipinski definition) is 0. The zero-order chi connectivity index (χ0) is 40.8. The van der Waals surface area contributed by atoms with Crippen LogP contribution in [0, 0.1) is 18.3 Å². The molecule has 3 aliphatic rings. The van der Waals surface area contributed by atoms with Crippen LogP contribution < -0.4 is 16.4 Å². The van der Waals surface area contributed by atoms with Crippen LogP contribution in [0.5, 0.6) is 0 Å². The highest BCUT2D eigenvalue weighted by Crippen LogP contribution is 2.48. The standard InChI is InChI=1S/C57H49BN2/c1-34-18-14-16-24-41(34)38-29-48-52-49(30-38)60-53(36-21-12-9-13-22-36)50(35-19-10-8-11-20-35)45-28-37-23-15-17-25-42(37)51(55(45)60)58(52)46-33-40(57(5,6)7)32-44-43-31-39(56(2,3)4)26-27-47(43)59(48)54(44)46/h8-30,32-33,39H,31H2,1-7H3. The highest BCUT2D eigenvalue weighted by Gasteiger charge is 2.45. The predicted molar refractivity (Wildman–Crippen MR) is 258 cm³/mol. The van der Waals surface area contributed by atoms with Crippen molar-refractivity contribution in [3.05, 3.63) is 168 Å². The molecule has 7 aromatic carbocycles. The molecule has 1 atom stereocenters.